The Morgan fingerprint density at radius 1 is 1.12 bits per heavy atom. The lowest BCUT2D eigenvalue weighted by Crippen LogP contribution is -2.16. The van der Waals surface area contributed by atoms with Gasteiger partial charge in [0.2, 0.25) is 0 Å². The van der Waals surface area contributed by atoms with Gasteiger partial charge in [-0.1, -0.05) is 29.3 Å². The third-order valence-corrected chi connectivity index (χ3v) is 2.41. The van der Waals surface area contributed by atoms with Crippen molar-refractivity contribution in [3.8, 4) is 0 Å². The molecule has 0 unspecified atom stereocenters. The van der Waals surface area contributed by atoms with Gasteiger partial charge in [-0.3, -0.25) is 0 Å². The topological polar surface area (TPSA) is 26.0 Å². The molecule has 17 heavy (non-hydrogen) atoms. The number of halogens is 4. The van der Waals surface area contributed by atoms with Gasteiger partial charge >= 0.3 is 6.18 Å². The fraction of sp³-hybridized carbons (Fsp3) is 0.500. The van der Waals surface area contributed by atoms with Gasteiger partial charge in [0.25, 0.3) is 0 Å². The Kier molecular flexibility index (Phi) is 5.99. The van der Waals surface area contributed by atoms with Crippen LogP contribution in [0.1, 0.15) is 35.6 Å². The fourth-order valence-electron chi connectivity index (χ4n) is 1.71. The molecule has 5 heteroatoms. The van der Waals surface area contributed by atoms with Crippen molar-refractivity contribution in [1.29, 1.82) is 0 Å². The molecule has 0 saturated heterocycles. The second-order valence-electron chi connectivity index (χ2n) is 4.18. The summed E-state index contributed by atoms with van der Waals surface area (Å²) in [7, 11) is 0. The van der Waals surface area contributed by atoms with Crippen LogP contribution in [-0.4, -0.2) is 6.18 Å². The van der Waals surface area contributed by atoms with E-state index in [0.29, 0.717) is 0 Å². The molecule has 2 N–H and O–H groups in total. The van der Waals surface area contributed by atoms with E-state index in [1.807, 2.05) is 32.0 Å². The standard InChI is InChI=1S/C12H16F3N.ClH/c1-8-5-9(2)7-10(6-8)11(16)3-4-12(13,14)15;/h5-7,11H,3-4,16H2,1-2H3;1H/t11-;/m0./s1. The number of alkyl halides is 3. The van der Waals surface area contributed by atoms with Crippen LogP contribution in [0.15, 0.2) is 18.2 Å². The van der Waals surface area contributed by atoms with E-state index in [1.54, 1.807) is 0 Å². The number of nitrogens with two attached hydrogens (primary N) is 1. The quantitative estimate of drug-likeness (QED) is 0.878. The highest BCUT2D eigenvalue weighted by molar-refractivity contribution is 5.85. The molecule has 0 aliphatic rings. The summed E-state index contributed by atoms with van der Waals surface area (Å²) in [6.45, 7) is 3.82. The molecule has 1 atom stereocenters. The van der Waals surface area contributed by atoms with E-state index in [2.05, 4.69) is 0 Å². The summed E-state index contributed by atoms with van der Waals surface area (Å²) in [4.78, 5) is 0. The molecule has 0 aliphatic heterocycles. The Balaban J connectivity index is 0.00000256. The smallest absolute Gasteiger partial charge is 0.324 e. The third-order valence-electron chi connectivity index (χ3n) is 2.41. The van der Waals surface area contributed by atoms with Gasteiger partial charge in [-0.15, -0.1) is 12.4 Å². The molecule has 1 aromatic rings. The minimum absolute atomic E-state index is 0. The highest BCUT2D eigenvalue weighted by Gasteiger charge is 2.27. The summed E-state index contributed by atoms with van der Waals surface area (Å²) >= 11 is 0. The van der Waals surface area contributed by atoms with Gasteiger partial charge in [0, 0.05) is 12.5 Å². The third kappa shape index (κ3) is 5.94. The van der Waals surface area contributed by atoms with E-state index in [4.69, 9.17) is 5.73 Å². The van der Waals surface area contributed by atoms with Crippen molar-refractivity contribution in [2.75, 3.05) is 0 Å². The first kappa shape index (κ1) is 16.3. The SMILES string of the molecule is Cc1cc(C)cc([C@@H](N)CCC(F)(F)F)c1.Cl. The first-order valence-electron chi connectivity index (χ1n) is 5.18. The molecule has 0 aliphatic carbocycles. The monoisotopic (exact) mass is 267 g/mol. The predicted molar refractivity (Wildman–Crippen MR) is 65.4 cm³/mol. The molecule has 0 saturated carbocycles. The Morgan fingerprint density at radius 2 is 1.59 bits per heavy atom. The van der Waals surface area contributed by atoms with Crippen molar-refractivity contribution < 1.29 is 13.2 Å². The second-order valence-corrected chi connectivity index (χ2v) is 4.18. The van der Waals surface area contributed by atoms with Crippen LogP contribution in [0.25, 0.3) is 0 Å². The number of benzene rings is 1. The summed E-state index contributed by atoms with van der Waals surface area (Å²) in [6, 6.07) is 5.11. The predicted octanol–water partition coefficient (Wildman–Crippen LogP) is 4.07. The van der Waals surface area contributed by atoms with Crippen LogP contribution in [0.2, 0.25) is 0 Å². The van der Waals surface area contributed by atoms with Gasteiger partial charge < -0.3 is 5.73 Å². The van der Waals surface area contributed by atoms with Crippen LogP contribution >= 0.6 is 12.4 Å². The summed E-state index contributed by atoms with van der Waals surface area (Å²) in [6.07, 6.45) is -5.02. The zero-order chi connectivity index (χ0) is 12.3. The molecular weight excluding hydrogens is 251 g/mol. The summed E-state index contributed by atoms with van der Waals surface area (Å²) in [5.41, 5.74) is 8.57. The van der Waals surface area contributed by atoms with Crippen LogP contribution in [0, 0.1) is 13.8 Å². The molecule has 98 valence electrons. The molecule has 0 spiro atoms. The molecule has 1 rings (SSSR count). The van der Waals surface area contributed by atoms with Crippen molar-refractivity contribution in [2.24, 2.45) is 5.73 Å². The largest absolute Gasteiger partial charge is 0.389 e. The van der Waals surface area contributed by atoms with Crippen LogP contribution < -0.4 is 5.73 Å². The fourth-order valence-corrected chi connectivity index (χ4v) is 1.71. The Labute approximate surface area is 106 Å². The maximum Gasteiger partial charge on any atom is 0.389 e. The van der Waals surface area contributed by atoms with Crippen molar-refractivity contribution in [2.45, 2.75) is 38.9 Å². The molecule has 0 bridgehead atoms. The molecule has 0 fully saturated rings. The van der Waals surface area contributed by atoms with E-state index in [-0.39, 0.29) is 18.8 Å². The lowest BCUT2D eigenvalue weighted by molar-refractivity contribution is -0.136. The first-order chi connectivity index (χ1) is 7.28. The van der Waals surface area contributed by atoms with Crippen molar-refractivity contribution in [3.05, 3.63) is 34.9 Å². The summed E-state index contributed by atoms with van der Waals surface area (Å²) in [5.74, 6) is 0. The van der Waals surface area contributed by atoms with Gasteiger partial charge in [0.1, 0.15) is 0 Å². The Hall–Kier alpha value is -0.740. The number of rotatable bonds is 3. The first-order valence-corrected chi connectivity index (χ1v) is 5.18. The molecule has 0 aromatic heterocycles. The molecule has 1 aromatic carbocycles. The number of hydrogen-bond acceptors (Lipinski definition) is 1. The van der Waals surface area contributed by atoms with Crippen molar-refractivity contribution >= 4 is 12.4 Å². The maximum absolute atomic E-state index is 12.0. The molecule has 0 amide bonds. The van der Waals surface area contributed by atoms with Gasteiger partial charge in [-0.05, 0) is 25.8 Å². The van der Waals surface area contributed by atoms with E-state index in [0.717, 1.165) is 16.7 Å². The second kappa shape index (κ2) is 6.26. The van der Waals surface area contributed by atoms with Gasteiger partial charge in [0.15, 0.2) is 0 Å². The van der Waals surface area contributed by atoms with Crippen LogP contribution in [-0.2, 0) is 0 Å². The molecule has 0 radical (unpaired) electrons. The average molecular weight is 268 g/mol. The van der Waals surface area contributed by atoms with Crippen LogP contribution in [0.4, 0.5) is 13.2 Å². The van der Waals surface area contributed by atoms with Crippen LogP contribution in [0.5, 0.6) is 0 Å². The lowest BCUT2D eigenvalue weighted by Gasteiger charge is -2.14. The van der Waals surface area contributed by atoms with Gasteiger partial charge in [-0.2, -0.15) is 13.2 Å². The van der Waals surface area contributed by atoms with E-state index >= 15 is 0 Å². The van der Waals surface area contributed by atoms with Crippen molar-refractivity contribution in [3.63, 3.8) is 0 Å². The normalized spacial score (nSPS) is 13.1. The molecular formula is C12H17ClF3N. The zero-order valence-corrected chi connectivity index (χ0v) is 10.7. The minimum atomic E-state index is -4.13. The zero-order valence-electron chi connectivity index (χ0n) is 9.84. The van der Waals surface area contributed by atoms with E-state index < -0.39 is 18.6 Å². The van der Waals surface area contributed by atoms with Gasteiger partial charge in [-0.25, -0.2) is 0 Å². The van der Waals surface area contributed by atoms with Crippen molar-refractivity contribution in [1.82, 2.24) is 0 Å². The summed E-state index contributed by atoms with van der Waals surface area (Å²) in [5, 5.41) is 0. The van der Waals surface area contributed by atoms with E-state index in [9.17, 15) is 13.2 Å². The lowest BCUT2D eigenvalue weighted by atomic mass is 9.99. The summed E-state index contributed by atoms with van der Waals surface area (Å²) < 4.78 is 36.1. The van der Waals surface area contributed by atoms with Crippen LogP contribution in [0.3, 0.4) is 0 Å². The molecule has 1 nitrogen and oxygen atoms in total. The van der Waals surface area contributed by atoms with Gasteiger partial charge in [0.05, 0.1) is 0 Å². The Bertz CT molecular complexity index is 343. The number of aryl methyl sites for hydroxylation is 2. The average Bonchev–Trinajstić information content (AvgIpc) is 2.11. The molecule has 0 heterocycles. The van der Waals surface area contributed by atoms with E-state index in [1.165, 1.54) is 0 Å². The highest BCUT2D eigenvalue weighted by atomic mass is 35.5. The minimum Gasteiger partial charge on any atom is -0.324 e. The maximum atomic E-state index is 12.0. The number of hydrogen-bond donors (Lipinski definition) is 1. The Morgan fingerprint density at radius 3 is 2.00 bits per heavy atom. The highest BCUT2D eigenvalue weighted by Crippen LogP contribution is 2.27.